The molecule has 1 unspecified atom stereocenters. The van der Waals surface area contributed by atoms with Crippen LogP contribution in [0, 0.1) is 0 Å². The first-order valence-corrected chi connectivity index (χ1v) is 7.91. The summed E-state index contributed by atoms with van der Waals surface area (Å²) in [6.07, 6.45) is 4.62. The van der Waals surface area contributed by atoms with Crippen molar-refractivity contribution in [1.29, 1.82) is 0 Å². The summed E-state index contributed by atoms with van der Waals surface area (Å²) in [6, 6.07) is 13.1. The molecule has 0 saturated carbocycles. The second-order valence-electron chi connectivity index (χ2n) is 5.65. The Morgan fingerprint density at radius 3 is 2.86 bits per heavy atom. The Morgan fingerprint density at radius 1 is 1.29 bits per heavy atom. The van der Waals surface area contributed by atoms with Gasteiger partial charge in [0.15, 0.2) is 0 Å². The molecule has 1 aromatic heterocycles. The molecular weight excluding hydrogens is 260 g/mol. The van der Waals surface area contributed by atoms with Crippen LogP contribution in [-0.2, 0) is 6.54 Å². The molecule has 1 fully saturated rings. The van der Waals surface area contributed by atoms with Crippen LogP contribution in [0.3, 0.4) is 0 Å². The largest absolute Gasteiger partial charge is 0.315 e. The number of rotatable bonds is 5. The SMILES string of the molecule is CCN(Cc1ccn(-c2ccccc2)n1)C1CCCNC1. The Hall–Kier alpha value is -1.65. The maximum absolute atomic E-state index is 4.72. The molecular formula is C17H24N4. The molecule has 1 aliphatic heterocycles. The smallest absolute Gasteiger partial charge is 0.0769 e. The summed E-state index contributed by atoms with van der Waals surface area (Å²) < 4.78 is 1.96. The van der Waals surface area contributed by atoms with Crippen molar-refractivity contribution in [1.82, 2.24) is 20.0 Å². The summed E-state index contributed by atoms with van der Waals surface area (Å²) in [6.45, 7) is 6.51. The van der Waals surface area contributed by atoms with Gasteiger partial charge >= 0.3 is 0 Å². The molecule has 0 aliphatic carbocycles. The predicted molar refractivity (Wildman–Crippen MR) is 85.5 cm³/mol. The zero-order chi connectivity index (χ0) is 14.5. The van der Waals surface area contributed by atoms with Gasteiger partial charge in [-0.15, -0.1) is 0 Å². The van der Waals surface area contributed by atoms with E-state index in [1.54, 1.807) is 0 Å². The molecule has 0 bridgehead atoms. The predicted octanol–water partition coefficient (Wildman–Crippen LogP) is 2.45. The summed E-state index contributed by atoms with van der Waals surface area (Å²) in [5.74, 6) is 0. The number of aromatic nitrogens is 2. The van der Waals surface area contributed by atoms with Crippen molar-refractivity contribution in [2.75, 3.05) is 19.6 Å². The van der Waals surface area contributed by atoms with E-state index in [1.165, 1.54) is 12.8 Å². The van der Waals surface area contributed by atoms with Gasteiger partial charge in [-0.05, 0) is 44.1 Å². The fraction of sp³-hybridized carbons (Fsp3) is 0.471. The highest BCUT2D eigenvalue weighted by Gasteiger charge is 2.20. The first-order valence-electron chi connectivity index (χ1n) is 7.91. The van der Waals surface area contributed by atoms with E-state index in [2.05, 4.69) is 41.5 Å². The molecule has 3 rings (SSSR count). The number of para-hydroxylation sites is 1. The van der Waals surface area contributed by atoms with Gasteiger partial charge < -0.3 is 5.32 Å². The Labute approximate surface area is 126 Å². The van der Waals surface area contributed by atoms with E-state index >= 15 is 0 Å². The lowest BCUT2D eigenvalue weighted by Gasteiger charge is -2.33. The fourth-order valence-electron chi connectivity index (χ4n) is 3.02. The molecule has 1 aromatic carbocycles. The van der Waals surface area contributed by atoms with Crippen molar-refractivity contribution in [3.63, 3.8) is 0 Å². The lowest BCUT2D eigenvalue weighted by Crippen LogP contribution is -2.45. The second-order valence-corrected chi connectivity index (χ2v) is 5.65. The summed E-state index contributed by atoms with van der Waals surface area (Å²) in [4.78, 5) is 2.53. The molecule has 2 aromatic rings. The topological polar surface area (TPSA) is 33.1 Å². The number of hydrogen-bond donors (Lipinski definition) is 1. The summed E-state index contributed by atoms with van der Waals surface area (Å²) in [5.41, 5.74) is 2.26. The molecule has 0 radical (unpaired) electrons. The number of hydrogen-bond acceptors (Lipinski definition) is 3. The van der Waals surface area contributed by atoms with E-state index in [4.69, 9.17) is 5.10 Å². The summed E-state index contributed by atoms with van der Waals surface area (Å²) >= 11 is 0. The van der Waals surface area contributed by atoms with Gasteiger partial charge in [0, 0.05) is 25.3 Å². The van der Waals surface area contributed by atoms with Crippen molar-refractivity contribution < 1.29 is 0 Å². The minimum Gasteiger partial charge on any atom is -0.315 e. The highest BCUT2D eigenvalue weighted by Crippen LogP contribution is 2.14. The van der Waals surface area contributed by atoms with E-state index in [0.29, 0.717) is 6.04 Å². The molecule has 0 amide bonds. The molecule has 2 heterocycles. The minimum atomic E-state index is 0.644. The van der Waals surface area contributed by atoms with E-state index in [-0.39, 0.29) is 0 Å². The Bertz CT molecular complexity index is 543. The first kappa shape index (κ1) is 14.3. The van der Waals surface area contributed by atoms with Crippen LogP contribution in [0.15, 0.2) is 42.6 Å². The highest BCUT2D eigenvalue weighted by atomic mass is 15.3. The zero-order valence-electron chi connectivity index (χ0n) is 12.7. The fourth-order valence-corrected chi connectivity index (χ4v) is 3.02. The number of piperidine rings is 1. The van der Waals surface area contributed by atoms with Gasteiger partial charge in [0.1, 0.15) is 0 Å². The molecule has 1 saturated heterocycles. The highest BCUT2D eigenvalue weighted by molar-refractivity contribution is 5.30. The number of benzene rings is 1. The third kappa shape index (κ3) is 3.52. The van der Waals surface area contributed by atoms with Crippen LogP contribution >= 0.6 is 0 Å². The van der Waals surface area contributed by atoms with E-state index < -0.39 is 0 Å². The van der Waals surface area contributed by atoms with Crippen molar-refractivity contribution in [2.24, 2.45) is 0 Å². The zero-order valence-corrected chi connectivity index (χ0v) is 12.7. The van der Waals surface area contributed by atoms with Crippen LogP contribution in [-0.4, -0.2) is 40.4 Å². The molecule has 1 atom stereocenters. The Kier molecular flexibility index (Phi) is 4.68. The van der Waals surface area contributed by atoms with Crippen LogP contribution in [0.25, 0.3) is 5.69 Å². The summed E-state index contributed by atoms with van der Waals surface area (Å²) in [5, 5.41) is 8.22. The lowest BCUT2D eigenvalue weighted by molar-refractivity contribution is 0.164. The van der Waals surface area contributed by atoms with Crippen LogP contribution in [0.1, 0.15) is 25.5 Å². The molecule has 21 heavy (non-hydrogen) atoms. The Morgan fingerprint density at radius 2 is 2.14 bits per heavy atom. The monoisotopic (exact) mass is 284 g/mol. The van der Waals surface area contributed by atoms with Gasteiger partial charge in [0.25, 0.3) is 0 Å². The van der Waals surface area contributed by atoms with Crippen molar-refractivity contribution >= 4 is 0 Å². The van der Waals surface area contributed by atoms with Gasteiger partial charge in [0.2, 0.25) is 0 Å². The third-order valence-electron chi connectivity index (χ3n) is 4.22. The first-order chi connectivity index (χ1) is 10.4. The second kappa shape index (κ2) is 6.87. The van der Waals surface area contributed by atoms with E-state index in [1.807, 2.05) is 22.9 Å². The lowest BCUT2D eigenvalue weighted by atomic mass is 10.1. The van der Waals surface area contributed by atoms with Gasteiger partial charge in [-0.3, -0.25) is 4.90 Å². The molecule has 4 heteroatoms. The van der Waals surface area contributed by atoms with Crippen molar-refractivity contribution in [3.05, 3.63) is 48.3 Å². The van der Waals surface area contributed by atoms with Crippen LogP contribution < -0.4 is 5.32 Å². The number of nitrogens with one attached hydrogen (secondary N) is 1. The summed E-state index contributed by atoms with van der Waals surface area (Å²) in [7, 11) is 0. The molecule has 1 aliphatic rings. The molecule has 4 nitrogen and oxygen atoms in total. The van der Waals surface area contributed by atoms with Crippen molar-refractivity contribution in [3.8, 4) is 5.69 Å². The number of nitrogens with zero attached hydrogens (tertiary/aromatic N) is 3. The third-order valence-corrected chi connectivity index (χ3v) is 4.22. The van der Waals surface area contributed by atoms with Crippen LogP contribution in [0.4, 0.5) is 0 Å². The van der Waals surface area contributed by atoms with Gasteiger partial charge in [0.05, 0.1) is 11.4 Å². The van der Waals surface area contributed by atoms with Gasteiger partial charge in [-0.2, -0.15) is 5.10 Å². The standard InChI is InChI=1S/C17H24N4/c1-2-20(17-9-6-11-18-13-17)14-15-10-12-21(19-15)16-7-4-3-5-8-16/h3-5,7-8,10,12,17-18H,2,6,9,11,13-14H2,1H3. The van der Waals surface area contributed by atoms with E-state index in [9.17, 15) is 0 Å². The molecule has 1 N–H and O–H groups in total. The van der Waals surface area contributed by atoms with Gasteiger partial charge in [-0.1, -0.05) is 25.1 Å². The Balaban J connectivity index is 1.68. The van der Waals surface area contributed by atoms with Crippen LogP contribution in [0.5, 0.6) is 0 Å². The van der Waals surface area contributed by atoms with Crippen LogP contribution in [0.2, 0.25) is 0 Å². The molecule has 0 spiro atoms. The maximum atomic E-state index is 4.72. The quantitative estimate of drug-likeness (QED) is 0.915. The van der Waals surface area contributed by atoms with Crippen molar-refractivity contribution in [2.45, 2.75) is 32.4 Å². The van der Waals surface area contributed by atoms with E-state index in [0.717, 1.165) is 37.6 Å². The number of likely N-dealkylation sites (N-methyl/N-ethyl adjacent to an activating group) is 1. The van der Waals surface area contributed by atoms with Gasteiger partial charge in [-0.25, -0.2) is 4.68 Å². The average Bonchev–Trinajstić information content (AvgIpc) is 3.03. The molecule has 112 valence electrons. The minimum absolute atomic E-state index is 0.644. The average molecular weight is 284 g/mol. The maximum Gasteiger partial charge on any atom is 0.0769 e. The normalized spacial score (nSPS) is 19.0.